The van der Waals surface area contributed by atoms with Crippen LogP contribution in [0.3, 0.4) is 0 Å². The summed E-state index contributed by atoms with van der Waals surface area (Å²) in [5, 5.41) is 0. The molecule has 0 aromatic rings. The largest absolute Gasteiger partial charge is 0.276 e. The van der Waals surface area contributed by atoms with Crippen molar-refractivity contribution < 1.29 is 4.29 Å². The van der Waals surface area contributed by atoms with Gasteiger partial charge in [-0.1, -0.05) is 65.2 Å². The fourth-order valence-corrected chi connectivity index (χ4v) is 2.03. The van der Waals surface area contributed by atoms with Gasteiger partial charge in [-0.2, -0.15) is 0 Å². The topological polar surface area (TPSA) is 9.23 Å². The summed E-state index contributed by atoms with van der Waals surface area (Å²) in [5.74, 6) is 0. The molecule has 0 aromatic carbocycles. The second kappa shape index (κ2) is 15.8. The number of rotatable bonds is 11. The van der Waals surface area contributed by atoms with Crippen LogP contribution < -0.4 is 0 Å². The molecule has 3 heteroatoms. The summed E-state index contributed by atoms with van der Waals surface area (Å²) < 4.78 is 4.83. The van der Waals surface area contributed by atoms with Gasteiger partial charge in [-0.25, -0.2) is 0 Å². The lowest BCUT2D eigenvalue weighted by Crippen LogP contribution is -2.05. The minimum Gasteiger partial charge on any atom is -0.276 e. The zero-order valence-electron chi connectivity index (χ0n) is 10.4. The average molecular weight is 265 g/mol. The van der Waals surface area contributed by atoms with Gasteiger partial charge in [0.05, 0.1) is 18.0 Å². The van der Waals surface area contributed by atoms with Crippen molar-refractivity contribution >= 4 is 29.2 Å². The van der Waals surface area contributed by atoms with E-state index in [0.29, 0.717) is 0 Å². The van der Waals surface area contributed by atoms with E-state index in [2.05, 4.69) is 13.8 Å². The van der Waals surface area contributed by atoms with Gasteiger partial charge < -0.3 is 0 Å². The lowest BCUT2D eigenvalue weighted by Gasteiger charge is -2.09. The zero-order chi connectivity index (χ0) is 11.4. The van der Waals surface area contributed by atoms with Crippen LogP contribution >= 0.6 is 11.9 Å². The highest BCUT2D eigenvalue weighted by Crippen LogP contribution is 2.13. The Bertz CT molecular complexity index is 119. The third-order valence-electron chi connectivity index (χ3n) is 2.96. The molecule has 0 rings (SSSR count). The lowest BCUT2D eigenvalue weighted by molar-refractivity contribution is 0.202. The highest BCUT2D eigenvalue weighted by Gasteiger charge is 2.04. The van der Waals surface area contributed by atoms with Gasteiger partial charge in [-0.3, -0.25) is 4.29 Å². The van der Waals surface area contributed by atoms with Crippen LogP contribution in [-0.4, -0.2) is 23.5 Å². The maximum absolute atomic E-state index is 5.36. The van der Waals surface area contributed by atoms with E-state index in [1.54, 1.807) is 0 Å². The summed E-state index contributed by atoms with van der Waals surface area (Å²) in [6, 6.07) is 0. The Kier molecular flexibility index (Phi) is 18.9. The number of hydrogen-bond acceptors (Lipinski definition) is 1. The lowest BCUT2D eigenvalue weighted by atomic mass is 10.0. The molecule has 0 radical (unpaired) electrons. The van der Waals surface area contributed by atoms with Gasteiger partial charge in [0.2, 0.25) is 0 Å². The summed E-state index contributed by atoms with van der Waals surface area (Å²) in [4.78, 5) is 0. The first-order valence-electron chi connectivity index (χ1n) is 6.62. The van der Waals surface area contributed by atoms with Crippen LogP contribution in [-0.2, 0) is 4.29 Å². The molecular formula is C13H30AlClO. The van der Waals surface area contributed by atoms with Crippen molar-refractivity contribution in [3.05, 3.63) is 0 Å². The SMILES string of the molecule is CCCCCCCCCCC(CC)OCl.[AlH3]. The first-order chi connectivity index (χ1) is 7.35. The van der Waals surface area contributed by atoms with Gasteiger partial charge in [-0.15, -0.1) is 0 Å². The monoisotopic (exact) mass is 264 g/mol. The van der Waals surface area contributed by atoms with E-state index < -0.39 is 0 Å². The molecule has 98 valence electrons. The molecule has 0 saturated carbocycles. The van der Waals surface area contributed by atoms with Crippen LogP contribution in [0.5, 0.6) is 0 Å². The molecule has 0 amide bonds. The number of hydrogen-bond donors (Lipinski definition) is 0. The Morgan fingerprint density at radius 1 is 0.875 bits per heavy atom. The Balaban J connectivity index is 0. The van der Waals surface area contributed by atoms with Crippen molar-refractivity contribution in [2.24, 2.45) is 0 Å². The molecule has 0 aliphatic rings. The minimum atomic E-state index is 0. The Morgan fingerprint density at radius 3 is 1.81 bits per heavy atom. The second-order valence-corrected chi connectivity index (χ2v) is 4.56. The molecule has 0 spiro atoms. The summed E-state index contributed by atoms with van der Waals surface area (Å²) in [5.41, 5.74) is 0. The van der Waals surface area contributed by atoms with E-state index in [4.69, 9.17) is 16.2 Å². The summed E-state index contributed by atoms with van der Waals surface area (Å²) in [7, 11) is 0. The van der Waals surface area contributed by atoms with Gasteiger partial charge in [0.15, 0.2) is 17.4 Å². The molecule has 1 nitrogen and oxygen atoms in total. The Morgan fingerprint density at radius 2 is 1.38 bits per heavy atom. The fraction of sp³-hybridized carbons (Fsp3) is 1.00. The van der Waals surface area contributed by atoms with Gasteiger partial charge in [0, 0.05) is 0 Å². The molecule has 0 saturated heterocycles. The molecule has 1 unspecified atom stereocenters. The average Bonchev–Trinajstić information content (AvgIpc) is 2.27. The third kappa shape index (κ3) is 12.9. The molecule has 0 aromatic heterocycles. The first kappa shape index (κ1) is 19.1. The molecule has 0 aliphatic heterocycles. The van der Waals surface area contributed by atoms with Crippen LogP contribution in [0.25, 0.3) is 0 Å². The zero-order valence-corrected chi connectivity index (χ0v) is 11.2. The Hall–Kier alpha value is 0.782. The van der Waals surface area contributed by atoms with E-state index in [-0.39, 0.29) is 23.5 Å². The molecule has 0 aliphatic carbocycles. The van der Waals surface area contributed by atoms with E-state index >= 15 is 0 Å². The second-order valence-electron chi connectivity index (χ2n) is 4.38. The van der Waals surface area contributed by atoms with E-state index in [9.17, 15) is 0 Å². The first-order valence-corrected chi connectivity index (χ1v) is 6.93. The maximum Gasteiger partial charge on any atom is 0.187 e. The van der Waals surface area contributed by atoms with Crippen molar-refractivity contribution in [1.29, 1.82) is 0 Å². The van der Waals surface area contributed by atoms with Crippen molar-refractivity contribution in [2.45, 2.75) is 84.2 Å². The fourth-order valence-electron chi connectivity index (χ4n) is 1.82. The maximum atomic E-state index is 5.36. The Labute approximate surface area is 118 Å². The summed E-state index contributed by atoms with van der Waals surface area (Å²) in [6.45, 7) is 4.38. The van der Waals surface area contributed by atoms with Gasteiger partial charge in [0.25, 0.3) is 0 Å². The van der Waals surface area contributed by atoms with Gasteiger partial charge in [0.1, 0.15) is 0 Å². The smallest absolute Gasteiger partial charge is 0.187 e. The normalized spacial score (nSPS) is 12.2. The van der Waals surface area contributed by atoms with E-state index in [1.807, 2.05) is 0 Å². The van der Waals surface area contributed by atoms with Crippen LogP contribution in [0, 0.1) is 0 Å². The number of unbranched alkanes of at least 4 members (excludes halogenated alkanes) is 7. The van der Waals surface area contributed by atoms with Crippen LogP contribution in [0.2, 0.25) is 0 Å². The molecule has 1 atom stereocenters. The van der Waals surface area contributed by atoms with Crippen LogP contribution in [0.4, 0.5) is 0 Å². The van der Waals surface area contributed by atoms with Gasteiger partial charge in [-0.05, 0) is 12.8 Å². The van der Waals surface area contributed by atoms with Crippen LogP contribution in [0.15, 0.2) is 0 Å². The molecule has 0 fully saturated rings. The van der Waals surface area contributed by atoms with Crippen molar-refractivity contribution in [1.82, 2.24) is 0 Å². The number of halogens is 1. The van der Waals surface area contributed by atoms with Crippen molar-refractivity contribution in [2.75, 3.05) is 0 Å². The molecule has 0 heterocycles. The van der Waals surface area contributed by atoms with Gasteiger partial charge >= 0.3 is 0 Å². The molecule has 16 heavy (non-hydrogen) atoms. The third-order valence-corrected chi connectivity index (χ3v) is 3.21. The summed E-state index contributed by atoms with van der Waals surface area (Å²) in [6.07, 6.45) is 13.4. The highest BCUT2D eigenvalue weighted by atomic mass is 35.5. The predicted octanol–water partition coefficient (Wildman–Crippen LogP) is 4.28. The highest BCUT2D eigenvalue weighted by molar-refractivity contribution is 6.07. The van der Waals surface area contributed by atoms with E-state index in [1.165, 1.54) is 51.4 Å². The standard InChI is InChI=1S/C13H27ClO.Al.3H/c1-3-5-6-7-8-9-10-11-12-13(4-2)15-14;;;;/h13H,3-12H2,1-2H3;;;;. The van der Waals surface area contributed by atoms with E-state index in [0.717, 1.165) is 12.8 Å². The summed E-state index contributed by atoms with van der Waals surface area (Å²) >= 11 is 5.36. The quantitative estimate of drug-likeness (QED) is 0.400. The molecular weight excluding hydrogens is 235 g/mol. The molecule has 0 N–H and O–H groups in total. The van der Waals surface area contributed by atoms with Crippen molar-refractivity contribution in [3.63, 3.8) is 0 Å². The van der Waals surface area contributed by atoms with Crippen LogP contribution in [0.1, 0.15) is 78.1 Å². The minimum absolute atomic E-state index is 0. The molecule has 0 bridgehead atoms. The van der Waals surface area contributed by atoms with Crippen molar-refractivity contribution in [3.8, 4) is 0 Å². The predicted molar refractivity (Wildman–Crippen MR) is 78.2 cm³/mol.